The third-order valence-corrected chi connectivity index (χ3v) is 10.5. The normalized spacial score (nSPS) is 43.7. The van der Waals surface area contributed by atoms with Crippen molar-refractivity contribution in [2.24, 2.45) is 0 Å². The predicted octanol–water partition coefficient (Wildman–Crippen LogP) is 5.44. The van der Waals surface area contributed by atoms with Crippen LogP contribution in [0, 0.1) is 22.7 Å². The highest BCUT2D eigenvalue weighted by molar-refractivity contribution is 5.11. The number of rotatable bonds is 11. The predicted molar refractivity (Wildman–Crippen MR) is 120 cm³/mol. The van der Waals surface area contributed by atoms with Crippen LogP contribution in [0.4, 0.5) is 0 Å². The topological polar surface area (TPSA) is 47.6 Å². The molecule has 0 amide bonds. The Morgan fingerprint density at radius 3 is 1.20 bits per heavy atom. The maximum atomic E-state index is 9.79. The molecule has 30 heavy (non-hydrogen) atoms. The van der Waals surface area contributed by atoms with Crippen molar-refractivity contribution >= 4 is 0 Å². The van der Waals surface area contributed by atoms with Crippen molar-refractivity contribution in [3.63, 3.8) is 0 Å². The molecule has 4 nitrogen and oxygen atoms in total. The minimum absolute atomic E-state index is 0.0390. The van der Waals surface area contributed by atoms with E-state index in [0.29, 0.717) is 0 Å². The number of fused-ring (bicyclic) bond motifs is 4. The molecule has 0 aromatic carbocycles. The first-order valence-electron chi connectivity index (χ1n) is 13.0. The highest BCUT2D eigenvalue weighted by Crippen LogP contribution is 2.52. The maximum Gasteiger partial charge on any atom is 0.186 e. The lowest BCUT2D eigenvalue weighted by atomic mass is 9.89. The van der Waals surface area contributed by atoms with Crippen LogP contribution in [0.15, 0.2) is 0 Å². The highest BCUT2D eigenvalue weighted by atomic mass is 15.5. The smallest absolute Gasteiger partial charge is 0.186 e. The molecule has 4 bridgehead atoms. The molecule has 4 aliphatic rings. The van der Waals surface area contributed by atoms with Crippen LogP contribution in [0.25, 0.3) is 0 Å². The van der Waals surface area contributed by atoms with Gasteiger partial charge in [0.2, 0.25) is 0 Å². The number of nitrogens with zero attached hydrogens (tertiary/aromatic N) is 4. The summed E-state index contributed by atoms with van der Waals surface area (Å²) >= 11 is 0. The van der Waals surface area contributed by atoms with Gasteiger partial charge in [0.05, 0.1) is 39.3 Å². The maximum absolute atomic E-state index is 9.79. The van der Waals surface area contributed by atoms with E-state index in [2.05, 4.69) is 26.2 Å². The fourth-order valence-corrected chi connectivity index (χ4v) is 8.21. The molecule has 2 unspecified atom stereocenters. The average molecular weight is 413 g/mol. The fraction of sp³-hybridized carbons (Fsp3) is 0.923. The van der Waals surface area contributed by atoms with Crippen molar-refractivity contribution < 1.29 is 8.97 Å². The third kappa shape index (κ3) is 3.30. The van der Waals surface area contributed by atoms with E-state index in [9.17, 15) is 10.5 Å². The fourth-order valence-electron chi connectivity index (χ4n) is 8.21. The largest absolute Gasteiger partial charge is 0.307 e. The molecule has 0 radical (unpaired) electrons. The Balaban J connectivity index is 1.06. The van der Waals surface area contributed by atoms with E-state index in [0.717, 1.165) is 46.7 Å². The molecule has 0 aliphatic carbocycles. The molecule has 0 aromatic heterocycles. The lowest BCUT2D eigenvalue weighted by molar-refractivity contribution is -0.946. The Labute approximate surface area is 185 Å². The monoisotopic (exact) mass is 412 g/mol. The van der Waals surface area contributed by atoms with E-state index < -0.39 is 0 Å². The lowest BCUT2D eigenvalue weighted by Crippen LogP contribution is -2.56. The van der Waals surface area contributed by atoms with Crippen molar-refractivity contribution in [2.45, 2.75) is 126 Å². The van der Waals surface area contributed by atoms with Crippen molar-refractivity contribution in [3.8, 4) is 12.1 Å². The number of nitriles is 2. The van der Waals surface area contributed by atoms with Gasteiger partial charge in [0.25, 0.3) is 0 Å². The van der Waals surface area contributed by atoms with Gasteiger partial charge in [0.15, 0.2) is 11.1 Å². The highest BCUT2D eigenvalue weighted by Gasteiger charge is 2.63. The zero-order valence-electron chi connectivity index (χ0n) is 19.7. The van der Waals surface area contributed by atoms with Gasteiger partial charge in [0.1, 0.15) is 12.1 Å². The van der Waals surface area contributed by atoms with E-state index in [1.54, 1.807) is 0 Å². The number of hydrogen-bond acceptors (Lipinski definition) is 2. The zero-order valence-corrected chi connectivity index (χ0v) is 19.7. The van der Waals surface area contributed by atoms with Gasteiger partial charge in [0, 0.05) is 51.4 Å². The summed E-state index contributed by atoms with van der Waals surface area (Å²) in [5.74, 6) is 0. The first kappa shape index (κ1) is 22.1. The molecule has 166 valence electrons. The second-order valence-electron chi connectivity index (χ2n) is 11.6. The van der Waals surface area contributed by atoms with E-state index in [-0.39, 0.29) is 11.1 Å². The third-order valence-electron chi connectivity index (χ3n) is 10.5. The van der Waals surface area contributed by atoms with Crippen LogP contribution in [0.2, 0.25) is 0 Å². The molecule has 4 fully saturated rings. The summed E-state index contributed by atoms with van der Waals surface area (Å²) in [6, 6.07) is 6.99. The van der Waals surface area contributed by atoms with Crippen LogP contribution in [0.3, 0.4) is 0 Å². The minimum Gasteiger partial charge on any atom is -0.307 e. The lowest BCUT2D eigenvalue weighted by Gasteiger charge is -2.40. The van der Waals surface area contributed by atoms with Gasteiger partial charge < -0.3 is 8.97 Å². The standard InChI is InChI=1S/C26H44N4/c1-29(23-11-15-25(29,21-27)16-12-23)19-9-7-5-3-4-6-8-10-20-30(2)24-13-17-26(30,22-28)18-14-24/h23-24H,3-20H2,1-2H3/q+2. The summed E-state index contributed by atoms with van der Waals surface area (Å²) in [7, 11) is 4.75. The summed E-state index contributed by atoms with van der Waals surface area (Å²) in [5.41, 5.74) is -0.0779. The molecule has 4 rings (SSSR count). The average Bonchev–Trinajstić information content (AvgIpc) is 3.41. The van der Waals surface area contributed by atoms with Gasteiger partial charge in [-0.25, -0.2) is 0 Å². The molecule has 0 spiro atoms. The van der Waals surface area contributed by atoms with Gasteiger partial charge in [-0.1, -0.05) is 25.7 Å². The molecule has 0 aromatic rings. The molecule has 4 saturated heterocycles. The van der Waals surface area contributed by atoms with Gasteiger partial charge >= 0.3 is 0 Å². The van der Waals surface area contributed by atoms with Crippen LogP contribution < -0.4 is 0 Å². The summed E-state index contributed by atoms with van der Waals surface area (Å²) in [6.45, 7) is 2.44. The Kier molecular flexibility index (Phi) is 6.22. The second-order valence-corrected chi connectivity index (χ2v) is 11.6. The van der Waals surface area contributed by atoms with Gasteiger partial charge in [-0.05, 0) is 25.7 Å². The zero-order chi connectivity index (χ0) is 21.3. The van der Waals surface area contributed by atoms with E-state index in [4.69, 9.17) is 0 Å². The Morgan fingerprint density at radius 1 is 0.600 bits per heavy atom. The van der Waals surface area contributed by atoms with E-state index in [1.807, 2.05) is 0 Å². The summed E-state index contributed by atoms with van der Waals surface area (Å²) in [6.07, 6.45) is 20.4. The quantitative estimate of drug-likeness (QED) is 0.335. The van der Waals surface area contributed by atoms with Gasteiger partial charge in [-0.15, -0.1) is 0 Å². The van der Waals surface area contributed by atoms with Crippen LogP contribution in [-0.4, -0.2) is 59.3 Å². The summed E-state index contributed by atoms with van der Waals surface area (Å²) in [4.78, 5) is 0. The first-order valence-corrected chi connectivity index (χ1v) is 13.0. The Hall–Kier alpha value is -1.10. The molecule has 0 saturated carbocycles. The van der Waals surface area contributed by atoms with Crippen molar-refractivity contribution in [2.75, 3.05) is 27.2 Å². The Bertz CT molecular complexity index is 627. The molecule has 4 heterocycles. The van der Waals surface area contributed by atoms with Crippen molar-refractivity contribution in [1.82, 2.24) is 0 Å². The van der Waals surface area contributed by atoms with Crippen LogP contribution in [0.5, 0.6) is 0 Å². The molecular formula is C26H44N4+2. The molecule has 2 atom stereocenters. The van der Waals surface area contributed by atoms with Crippen LogP contribution in [-0.2, 0) is 0 Å². The van der Waals surface area contributed by atoms with E-state index in [1.165, 1.54) is 90.1 Å². The van der Waals surface area contributed by atoms with Crippen LogP contribution in [0.1, 0.15) is 103 Å². The Morgan fingerprint density at radius 2 is 0.900 bits per heavy atom. The molecule has 0 N–H and O–H groups in total. The molecule has 4 heteroatoms. The summed E-state index contributed by atoms with van der Waals surface area (Å²) < 4.78 is 2.12. The van der Waals surface area contributed by atoms with Crippen molar-refractivity contribution in [1.29, 1.82) is 10.5 Å². The number of quaternary nitrogens is 2. The molecular weight excluding hydrogens is 368 g/mol. The van der Waals surface area contributed by atoms with Gasteiger partial charge in [-0.2, -0.15) is 10.5 Å². The number of unbranched alkanes of at least 4 members (excludes halogenated alkanes) is 7. The van der Waals surface area contributed by atoms with Crippen LogP contribution >= 0.6 is 0 Å². The molecule has 4 aliphatic heterocycles. The second kappa shape index (κ2) is 8.44. The minimum atomic E-state index is -0.0390. The first-order chi connectivity index (χ1) is 14.5. The SMILES string of the molecule is C[N+]1(CCCCCCCCCC[N+]2(C)C3CCC2(C#N)CC3)C2CCC1(C#N)CC2. The van der Waals surface area contributed by atoms with Gasteiger partial charge in [-0.3, -0.25) is 0 Å². The summed E-state index contributed by atoms with van der Waals surface area (Å²) in [5, 5.41) is 19.6. The van der Waals surface area contributed by atoms with Crippen molar-refractivity contribution in [3.05, 3.63) is 0 Å². The van der Waals surface area contributed by atoms with E-state index >= 15 is 0 Å². The number of hydrogen-bond donors (Lipinski definition) is 0.